The normalized spacial score (nSPS) is 11.2. The predicted octanol–water partition coefficient (Wildman–Crippen LogP) is 7.10. The zero-order chi connectivity index (χ0) is 29.9. The third-order valence-electron chi connectivity index (χ3n) is 5.71. The second kappa shape index (κ2) is 11.5. The summed E-state index contributed by atoms with van der Waals surface area (Å²) in [7, 11) is 0. The van der Waals surface area contributed by atoms with E-state index < -0.39 is 62.9 Å². The first-order valence-corrected chi connectivity index (χ1v) is 11.5. The van der Waals surface area contributed by atoms with Gasteiger partial charge in [0.1, 0.15) is 28.8 Å². The summed E-state index contributed by atoms with van der Waals surface area (Å²) >= 11 is 0. The Bertz CT molecular complexity index is 1660. The minimum atomic E-state index is -5.12. The zero-order valence-electron chi connectivity index (χ0n) is 20.5. The van der Waals surface area contributed by atoms with E-state index in [1.807, 2.05) is 0 Å². The van der Waals surface area contributed by atoms with Gasteiger partial charge in [-0.3, -0.25) is 19.7 Å². The van der Waals surface area contributed by atoms with E-state index in [-0.39, 0.29) is 23.3 Å². The summed E-state index contributed by atoms with van der Waals surface area (Å²) in [5.74, 6) is -4.75. The number of amides is 1. The maximum Gasteiger partial charge on any atom is 0.423 e. The molecule has 1 N–H and O–H groups in total. The molecule has 13 heteroatoms. The van der Waals surface area contributed by atoms with Crippen LogP contribution in [0.4, 0.5) is 37.7 Å². The first-order valence-electron chi connectivity index (χ1n) is 11.5. The fourth-order valence-corrected chi connectivity index (χ4v) is 3.81. The third kappa shape index (κ3) is 6.87. The lowest BCUT2D eigenvalue weighted by Crippen LogP contribution is -2.18. The van der Waals surface area contributed by atoms with Crippen molar-refractivity contribution in [2.45, 2.75) is 12.6 Å². The smallest absolute Gasteiger partial charge is 0.423 e. The highest BCUT2D eigenvalue weighted by atomic mass is 19.4. The average molecular weight is 574 g/mol. The van der Waals surface area contributed by atoms with Crippen molar-refractivity contribution < 1.29 is 45.6 Å². The molecule has 0 unspecified atom stereocenters. The quantitative estimate of drug-likeness (QED) is 0.0835. The number of halogens is 6. The first-order chi connectivity index (χ1) is 19.3. The number of nitro benzene ring substituents is 1. The van der Waals surface area contributed by atoms with Crippen LogP contribution in [-0.4, -0.2) is 16.8 Å². The maximum absolute atomic E-state index is 14.4. The number of esters is 1. The third-order valence-corrected chi connectivity index (χ3v) is 5.71. The molecule has 1 amide bonds. The summed E-state index contributed by atoms with van der Waals surface area (Å²) in [6.45, 7) is 0. The van der Waals surface area contributed by atoms with Crippen molar-refractivity contribution in [2.75, 3.05) is 5.32 Å². The van der Waals surface area contributed by atoms with Gasteiger partial charge in [0.2, 0.25) is 0 Å². The van der Waals surface area contributed by atoms with Gasteiger partial charge >= 0.3 is 12.1 Å². The van der Waals surface area contributed by atoms with Crippen LogP contribution in [0.3, 0.4) is 0 Å². The number of nitrogens with zero attached hydrogens (tertiary/aromatic N) is 1. The monoisotopic (exact) mass is 574 g/mol. The lowest BCUT2D eigenvalue weighted by atomic mass is 10.0. The maximum atomic E-state index is 14.4. The molecule has 210 valence electrons. The number of benzene rings is 4. The summed E-state index contributed by atoms with van der Waals surface area (Å²) in [6, 6.07) is 12.8. The summed E-state index contributed by atoms with van der Waals surface area (Å²) in [6.07, 6.45) is -5.46. The number of ether oxygens (including phenoxy) is 1. The van der Waals surface area contributed by atoms with Crippen LogP contribution in [0.2, 0.25) is 0 Å². The number of nitro groups is 1. The van der Waals surface area contributed by atoms with E-state index in [1.165, 1.54) is 18.2 Å². The highest BCUT2D eigenvalue weighted by molar-refractivity contribution is 6.07. The molecule has 0 fully saturated rings. The summed E-state index contributed by atoms with van der Waals surface area (Å²) in [4.78, 5) is 35.6. The van der Waals surface area contributed by atoms with Gasteiger partial charge in [-0.1, -0.05) is 18.2 Å². The molecular formula is C28H16F6N2O5. The summed E-state index contributed by atoms with van der Waals surface area (Å²) in [5, 5.41) is 13.2. The van der Waals surface area contributed by atoms with Gasteiger partial charge < -0.3 is 10.1 Å². The Balaban J connectivity index is 1.71. The Hall–Kier alpha value is -5.20. The first kappa shape index (κ1) is 28.8. The fraction of sp³-hybridized carbons (Fsp3) is 0.0714. The van der Waals surface area contributed by atoms with Crippen molar-refractivity contribution in [3.05, 3.63) is 123 Å². The van der Waals surface area contributed by atoms with Crippen molar-refractivity contribution in [3.8, 4) is 16.9 Å². The van der Waals surface area contributed by atoms with Crippen LogP contribution < -0.4 is 10.1 Å². The molecule has 0 saturated heterocycles. The van der Waals surface area contributed by atoms with Crippen molar-refractivity contribution in [2.24, 2.45) is 0 Å². The number of nitrogens with one attached hydrogen (secondary N) is 1. The van der Waals surface area contributed by atoms with Gasteiger partial charge in [0.05, 0.1) is 16.9 Å². The van der Waals surface area contributed by atoms with Crippen LogP contribution in [0.25, 0.3) is 11.1 Å². The van der Waals surface area contributed by atoms with E-state index in [1.54, 1.807) is 0 Å². The molecule has 4 aromatic carbocycles. The molecular weight excluding hydrogens is 558 g/mol. The number of anilines is 1. The van der Waals surface area contributed by atoms with Gasteiger partial charge in [0.25, 0.3) is 11.6 Å². The minimum absolute atomic E-state index is 0.0330. The second-order valence-electron chi connectivity index (χ2n) is 8.55. The molecule has 0 atom stereocenters. The molecule has 0 aliphatic carbocycles. The molecule has 0 spiro atoms. The van der Waals surface area contributed by atoms with Crippen LogP contribution >= 0.6 is 0 Å². The zero-order valence-corrected chi connectivity index (χ0v) is 20.5. The predicted molar refractivity (Wildman–Crippen MR) is 134 cm³/mol. The van der Waals surface area contributed by atoms with E-state index in [2.05, 4.69) is 5.32 Å². The van der Waals surface area contributed by atoms with Gasteiger partial charge in [-0.05, 0) is 59.7 Å². The van der Waals surface area contributed by atoms with E-state index in [9.17, 15) is 46.0 Å². The number of carbonyl (C=O) groups is 2. The molecule has 0 bridgehead atoms. The number of rotatable bonds is 7. The molecule has 0 aliphatic heterocycles. The molecule has 0 aromatic heterocycles. The molecule has 4 aromatic rings. The minimum Gasteiger partial charge on any atom is -0.425 e. The van der Waals surface area contributed by atoms with Crippen molar-refractivity contribution in [3.63, 3.8) is 0 Å². The van der Waals surface area contributed by atoms with E-state index in [0.29, 0.717) is 23.8 Å². The van der Waals surface area contributed by atoms with Crippen molar-refractivity contribution >= 4 is 23.3 Å². The SMILES string of the molecule is O=C(Cc1ccc(F)cc1)Oc1ccc(-c2ccc(F)cc2F)cc1C(=O)Nc1ccc([N+](=O)[O-])c(C(F)(F)F)c1. The van der Waals surface area contributed by atoms with Gasteiger partial charge in [-0.2, -0.15) is 13.2 Å². The number of carbonyl (C=O) groups excluding carboxylic acids is 2. The Morgan fingerprint density at radius 3 is 2.17 bits per heavy atom. The van der Waals surface area contributed by atoms with Gasteiger partial charge in [-0.25, -0.2) is 13.2 Å². The van der Waals surface area contributed by atoms with Gasteiger partial charge in [0.15, 0.2) is 0 Å². The van der Waals surface area contributed by atoms with Gasteiger partial charge in [-0.15, -0.1) is 0 Å². The average Bonchev–Trinajstić information content (AvgIpc) is 2.89. The lowest BCUT2D eigenvalue weighted by molar-refractivity contribution is -0.388. The van der Waals surface area contributed by atoms with Crippen LogP contribution in [0.15, 0.2) is 78.9 Å². The van der Waals surface area contributed by atoms with Crippen molar-refractivity contribution in [1.29, 1.82) is 0 Å². The fourth-order valence-electron chi connectivity index (χ4n) is 3.81. The van der Waals surface area contributed by atoms with Crippen LogP contribution in [0.5, 0.6) is 5.75 Å². The van der Waals surface area contributed by atoms with Crippen LogP contribution in [0, 0.1) is 27.6 Å². The van der Waals surface area contributed by atoms with E-state index >= 15 is 0 Å². The Labute approximate surface area is 227 Å². The Kier molecular flexibility index (Phi) is 8.08. The highest BCUT2D eigenvalue weighted by Gasteiger charge is 2.38. The number of hydrogen-bond acceptors (Lipinski definition) is 5. The summed E-state index contributed by atoms with van der Waals surface area (Å²) in [5.41, 5.74) is -3.49. The molecule has 41 heavy (non-hydrogen) atoms. The van der Waals surface area contributed by atoms with Crippen LogP contribution in [-0.2, 0) is 17.4 Å². The molecule has 7 nitrogen and oxygen atoms in total. The number of alkyl halides is 3. The molecule has 4 rings (SSSR count). The van der Waals surface area contributed by atoms with Crippen LogP contribution in [0.1, 0.15) is 21.5 Å². The van der Waals surface area contributed by atoms with E-state index in [4.69, 9.17) is 4.74 Å². The lowest BCUT2D eigenvalue weighted by Gasteiger charge is -2.14. The topological polar surface area (TPSA) is 98.5 Å². The summed E-state index contributed by atoms with van der Waals surface area (Å²) < 4.78 is 86.5. The standard InChI is InChI=1S/C28H16F6N2O5/c29-17-4-1-15(2-5-17)11-26(37)41-25-10-3-16(20-8-6-18(30)13-23(20)31)12-21(25)27(38)35-19-7-9-24(36(39)40)22(14-19)28(32,33)34/h1-10,12-14H,11H2,(H,35,38). The highest BCUT2D eigenvalue weighted by Crippen LogP contribution is 2.38. The van der Waals surface area contributed by atoms with Gasteiger partial charge in [0, 0.05) is 23.4 Å². The molecule has 0 radical (unpaired) electrons. The van der Waals surface area contributed by atoms with Crippen molar-refractivity contribution in [1.82, 2.24) is 0 Å². The Morgan fingerprint density at radius 1 is 0.854 bits per heavy atom. The number of hydrogen-bond donors (Lipinski definition) is 1. The molecule has 0 aliphatic rings. The molecule has 0 heterocycles. The Morgan fingerprint density at radius 2 is 1.54 bits per heavy atom. The largest absolute Gasteiger partial charge is 0.425 e. The van der Waals surface area contributed by atoms with E-state index in [0.717, 1.165) is 42.5 Å². The molecule has 0 saturated carbocycles. The second-order valence-corrected chi connectivity index (χ2v) is 8.55.